The summed E-state index contributed by atoms with van der Waals surface area (Å²) in [6.07, 6.45) is 6.68. The highest BCUT2D eigenvalue weighted by molar-refractivity contribution is 5.56. The number of nitrogens with two attached hydrogens (primary N) is 1. The first-order valence-corrected chi connectivity index (χ1v) is 7.96. The van der Waals surface area contributed by atoms with Crippen LogP contribution in [-0.2, 0) is 6.54 Å². The standard InChI is InChI=1S/C17H29N3/c1-5-14-6-8-15(9-7-14)20(4)17-10-12(2)19-13(3)16(17)11-18/h10,14-15H,5-9,11,18H2,1-4H3. The SMILES string of the molecule is CCC1CCC(N(C)c2cc(C)nc(C)c2CN)CC1. The Morgan fingerprint density at radius 1 is 1.25 bits per heavy atom. The van der Waals surface area contributed by atoms with E-state index in [1.807, 2.05) is 0 Å². The van der Waals surface area contributed by atoms with Crippen molar-refractivity contribution in [1.82, 2.24) is 4.98 Å². The number of hydrogen-bond donors (Lipinski definition) is 1. The topological polar surface area (TPSA) is 42.2 Å². The number of aryl methyl sites for hydroxylation is 2. The molecule has 0 bridgehead atoms. The van der Waals surface area contributed by atoms with Crippen LogP contribution in [0.15, 0.2) is 6.07 Å². The van der Waals surface area contributed by atoms with E-state index in [9.17, 15) is 0 Å². The first-order valence-electron chi connectivity index (χ1n) is 7.96. The predicted molar refractivity (Wildman–Crippen MR) is 86.0 cm³/mol. The van der Waals surface area contributed by atoms with Crippen LogP contribution in [0.2, 0.25) is 0 Å². The van der Waals surface area contributed by atoms with Crippen molar-refractivity contribution in [2.45, 2.75) is 65.5 Å². The highest BCUT2D eigenvalue weighted by Crippen LogP contribution is 2.33. The second kappa shape index (κ2) is 6.57. The fourth-order valence-corrected chi connectivity index (χ4v) is 3.54. The number of nitrogens with zero attached hydrogens (tertiary/aromatic N) is 2. The molecule has 0 amide bonds. The van der Waals surface area contributed by atoms with Crippen LogP contribution in [0, 0.1) is 19.8 Å². The van der Waals surface area contributed by atoms with Crippen LogP contribution in [0.1, 0.15) is 56.0 Å². The Hall–Kier alpha value is -1.09. The molecule has 1 aromatic rings. The quantitative estimate of drug-likeness (QED) is 0.913. The lowest BCUT2D eigenvalue weighted by atomic mass is 9.84. The summed E-state index contributed by atoms with van der Waals surface area (Å²) in [7, 11) is 2.23. The van der Waals surface area contributed by atoms with E-state index in [0.29, 0.717) is 12.6 Å². The molecule has 0 atom stereocenters. The number of hydrogen-bond acceptors (Lipinski definition) is 3. The lowest BCUT2D eigenvalue weighted by Gasteiger charge is -2.37. The van der Waals surface area contributed by atoms with E-state index in [2.05, 4.69) is 43.8 Å². The van der Waals surface area contributed by atoms with Gasteiger partial charge in [0.05, 0.1) is 0 Å². The van der Waals surface area contributed by atoms with Crippen molar-refractivity contribution in [2.24, 2.45) is 11.7 Å². The monoisotopic (exact) mass is 275 g/mol. The van der Waals surface area contributed by atoms with Crippen molar-refractivity contribution >= 4 is 5.69 Å². The van der Waals surface area contributed by atoms with Crippen LogP contribution in [0.4, 0.5) is 5.69 Å². The lowest BCUT2D eigenvalue weighted by molar-refractivity contribution is 0.313. The van der Waals surface area contributed by atoms with Gasteiger partial charge in [0.2, 0.25) is 0 Å². The molecule has 1 aliphatic carbocycles. The van der Waals surface area contributed by atoms with Gasteiger partial charge in [0, 0.05) is 42.3 Å². The van der Waals surface area contributed by atoms with Crippen molar-refractivity contribution in [3.8, 4) is 0 Å². The van der Waals surface area contributed by atoms with Gasteiger partial charge in [0.25, 0.3) is 0 Å². The van der Waals surface area contributed by atoms with Gasteiger partial charge in [-0.3, -0.25) is 4.98 Å². The van der Waals surface area contributed by atoms with Crippen LogP contribution in [-0.4, -0.2) is 18.1 Å². The molecule has 0 aliphatic heterocycles. The highest BCUT2D eigenvalue weighted by atomic mass is 15.1. The molecule has 0 aromatic carbocycles. The maximum absolute atomic E-state index is 5.95. The summed E-state index contributed by atoms with van der Waals surface area (Å²) in [4.78, 5) is 7.01. The Morgan fingerprint density at radius 2 is 1.90 bits per heavy atom. The van der Waals surface area contributed by atoms with E-state index in [-0.39, 0.29) is 0 Å². The first kappa shape index (κ1) is 15.3. The minimum atomic E-state index is 0.573. The van der Waals surface area contributed by atoms with Crippen molar-refractivity contribution in [3.63, 3.8) is 0 Å². The minimum Gasteiger partial charge on any atom is -0.371 e. The van der Waals surface area contributed by atoms with E-state index >= 15 is 0 Å². The van der Waals surface area contributed by atoms with Crippen LogP contribution in [0.5, 0.6) is 0 Å². The Balaban J connectivity index is 2.19. The third kappa shape index (κ3) is 3.14. The molecule has 1 aromatic heterocycles. The van der Waals surface area contributed by atoms with Gasteiger partial charge in [-0.05, 0) is 51.5 Å². The summed E-state index contributed by atoms with van der Waals surface area (Å²) in [6.45, 7) is 7.03. The van der Waals surface area contributed by atoms with E-state index < -0.39 is 0 Å². The van der Waals surface area contributed by atoms with Crippen LogP contribution in [0.3, 0.4) is 0 Å². The maximum atomic E-state index is 5.95. The molecule has 0 spiro atoms. The molecule has 1 saturated carbocycles. The van der Waals surface area contributed by atoms with E-state index in [0.717, 1.165) is 17.3 Å². The average molecular weight is 275 g/mol. The Kier molecular flexibility index (Phi) is 5.03. The predicted octanol–water partition coefficient (Wildman–Crippen LogP) is 3.56. The zero-order valence-corrected chi connectivity index (χ0v) is 13.4. The Labute approximate surface area is 123 Å². The summed E-state index contributed by atoms with van der Waals surface area (Å²) < 4.78 is 0. The van der Waals surface area contributed by atoms with Crippen LogP contribution >= 0.6 is 0 Å². The molecule has 0 unspecified atom stereocenters. The molecule has 112 valence electrons. The molecule has 2 rings (SSSR count). The Bertz CT molecular complexity index is 448. The highest BCUT2D eigenvalue weighted by Gasteiger charge is 2.24. The third-order valence-corrected chi connectivity index (χ3v) is 4.96. The summed E-state index contributed by atoms with van der Waals surface area (Å²) >= 11 is 0. The summed E-state index contributed by atoms with van der Waals surface area (Å²) in [5.74, 6) is 0.939. The molecule has 1 heterocycles. The molecular formula is C17H29N3. The van der Waals surface area contributed by atoms with Crippen LogP contribution in [0.25, 0.3) is 0 Å². The third-order valence-electron chi connectivity index (χ3n) is 4.96. The summed E-state index contributed by atoms with van der Waals surface area (Å²) in [5, 5.41) is 0. The fourth-order valence-electron chi connectivity index (χ4n) is 3.54. The van der Waals surface area contributed by atoms with Gasteiger partial charge >= 0.3 is 0 Å². The molecule has 1 fully saturated rings. The molecule has 20 heavy (non-hydrogen) atoms. The van der Waals surface area contributed by atoms with E-state index in [1.54, 1.807) is 0 Å². The number of aromatic nitrogens is 1. The normalized spacial score (nSPS) is 22.9. The average Bonchev–Trinajstić information content (AvgIpc) is 2.46. The molecule has 0 radical (unpaired) electrons. The van der Waals surface area contributed by atoms with Gasteiger partial charge < -0.3 is 10.6 Å². The number of anilines is 1. The van der Waals surface area contributed by atoms with Gasteiger partial charge in [-0.1, -0.05) is 13.3 Å². The van der Waals surface area contributed by atoms with Crippen molar-refractivity contribution in [1.29, 1.82) is 0 Å². The van der Waals surface area contributed by atoms with Gasteiger partial charge in [0.15, 0.2) is 0 Å². The summed E-state index contributed by atoms with van der Waals surface area (Å²) in [5.41, 5.74) is 10.6. The fraction of sp³-hybridized carbons (Fsp3) is 0.706. The van der Waals surface area contributed by atoms with E-state index in [1.165, 1.54) is 43.4 Å². The largest absolute Gasteiger partial charge is 0.371 e. The molecular weight excluding hydrogens is 246 g/mol. The molecule has 2 N–H and O–H groups in total. The molecule has 3 heteroatoms. The second-order valence-electron chi connectivity index (χ2n) is 6.24. The zero-order chi connectivity index (χ0) is 14.7. The van der Waals surface area contributed by atoms with Crippen molar-refractivity contribution in [3.05, 3.63) is 23.0 Å². The van der Waals surface area contributed by atoms with Crippen molar-refractivity contribution in [2.75, 3.05) is 11.9 Å². The molecule has 3 nitrogen and oxygen atoms in total. The number of rotatable bonds is 4. The van der Waals surface area contributed by atoms with Crippen molar-refractivity contribution < 1.29 is 0 Å². The molecule has 1 aliphatic rings. The summed E-state index contributed by atoms with van der Waals surface area (Å²) in [6, 6.07) is 2.85. The molecule has 0 saturated heterocycles. The minimum absolute atomic E-state index is 0.573. The van der Waals surface area contributed by atoms with Gasteiger partial charge in [-0.25, -0.2) is 0 Å². The first-order chi connectivity index (χ1) is 9.56. The van der Waals surface area contributed by atoms with Crippen LogP contribution < -0.4 is 10.6 Å². The zero-order valence-electron chi connectivity index (χ0n) is 13.4. The Morgan fingerprint density at radius 3 is 2.45 bits per heavy atom. The van der Waals surface area contributed by atoms with E-state index in [4.69, 9.17) is 5.73 Å². The van der Waals surface area contributed by atoms with Gasteiger partial charge in [-0.2, -0.15) is 0 Å². The van der Waals surface area contributed by atoms with Gasteiger partial charge in [-0.15, -0.1) is 0 Å². The van der Waals surface area contributed by atoms with Gasteiger partial charge in [0.1, 0.15) is 0 Å². The number of pyridine rings is 1. The second-order valence-corrected chi connectivity index (χ2v) is 6.24. The smallest absolute Gasteiger partial charge is 0.0448 e. The lowest BCUT2D eigenvalue weighted by Crippen LogP contribution is -2.36. The maximum Gasteiger partial charge on any atom is 0.0448 e.